The lowest BCUT2D eigenvalue weighted by molar-refractivity contribution is 0.0711. The molecule has 0 bridgehead atoms. The molecule has 1 atom stereocenters. The normalized spacial score (nSPS) is 15.3. The lowest BCUT2D eigenvalue weighted by Gasteiger charge is -2.23. The second kappa shape index (κ2) is 9.56. The number of imidazole rings is 1. The molecule has 1 amide bonds. The first-order valence-corrected chi connectivity index (χ1v) is 11.9. The molecule has 0 aliphatic carbocycles. The molecule has 4 aromatic rings. The molecule has 3 aromatic carbocycles. The average Bonchev–Trinajstić information content (AvgIpc) is 3.54. The molecule has 0 spiro atoms. The van der Waals surface area contributed by atoms with Gasteiger partial charge in [-0.3, -0.25) is 4.79 Å². The number of amides is 1. The number of halogens is 2. The van der Waals surface area contributed by atoms with Crippen LogP contribution in [0.4, 0.5) is 5.69 Å². The Morgan fingerprint density at radius 1 is 0.971 bits per heavy atom. The lowest BCUT2D eigenvalue weighted by Crippen LogP contribution is -2.27. The van der Waals surface area contributed by atoms with Crippen LogP contribution in [-0.4, -0.2) is 40.3 Å². The van der Waals surface area contributed by atoms with Crippen LogP contribution in [0.1, 0.15) is 33.9 Å². The minimum absolute atomic E-state index is 0.249. The van der Waals surface area contributed by atoms with Crippen LogP contribution >= 0.6 is 23.2 Å². The molecule has 1 aliphatic heterocycles. The maximum Gasteiger partial charge on any atom is 0.274 e. The third-order valence-electron chi connectivity index (χ3n) is 6.03. The van der Waals surface area contributed by atoms with E-state index >= 15 is 0 Å². The first kappa shape index (κ1) is 23.1. The van der Waals surface area contributed by atoms with E-state index < -0.39 is 0 Å². The average molecular weight is 504 g/mol. The number of carbonyl (C=O) groups excluding carboxylic acids is 1. The zero-order valence-corrected chi connectivity index (χ0v) is 20.8. The van der Waals surface area contributed by atoms with Crippen molar-refractivity contribution in [3.8, 4) is 5.69 Å². The fourth-order valence-corrected chi connectivity index (χ4v) is 4.70. The standard InChI is InChI=1S/C27H23Cl2N5O/c1-32(2)23-7-5-19(6-8-23)26-16-25(18-3-9-24(10-4-18)33-12-11-30-17-33)31-34(26)27(35)20-13-21(28)15-22(29)14-20/h3-15,17,26H,16H2,1-2H3. The summed E-state index contributed by atoms with van der Waals surface area (Å²) in [5.74, 6) is -0.249. The number of nitrogens with zero attached hydrogens (tertiary/aromatic N) is 5. The lowest BCUT2D eigenvalue weighted by atomic mass is 9.97. The number of hydrazone groups is 1. The van der Waals surface area contributed by atoms with Gasteiger partial charge in [-0.1, -0.05) is 47.5 Å². The van der Waals surface area contributed by atoms with Crippen LogP contribution in [0.5, 0.6) is 0 Å². The molecule has 1 unspecified atom stereocenters. The molecule has 6 nitrogen and oxygen atoms in total. The van der Waals surface area contributed by atoms with Crippen molar-refractivity contribution in [2.24, 2.45) is 5.10 Å². The number of rotatable bonds is 5. The van der Waals surface area contributed by atoms with Crippen molar-refractivity contribution in [3.63, 3.8) is 0 Å². The van der Waals surface area contributed by atoms with Gasteiger partial charge in [0, 0.05) is 59.9 Å². The van der Waals surface area contributed by atoms with Crippen LogP contribution in [0.25, 0.3) is 5.69 Å². The van der Waals surface area contributed by atoms with Gasteiger partial charge in [0.1, 0.15) is 0 Å². The Hall–Kier alpha value is -3.61. The van der Waals surface area contributed by atoms with Crippen molar-refractivity contribution in [2.45, 2.75) is 12.5 Å². The van der Waals surface area contributed by atoms with Crippen LogP contribution in [0.3, 0.4) is 0 Å². The van der Waals surface area contributed by atoms with E-state index in [0.717, 1.165) is 28.2 Å². The topological polar surface area (TPSA) is 53.7 Å². The summed E-state index contributed by atoms with van der Waals surface area (Å²) >= 11 is 12.4. The van der Waals surface area contributed by atoms with Crippen LogP contribution in [0.15, 0.2) is 90.6 Å². The maximum absolute atomic E-state index is 13.6. The van der Waals surface area contributed by atoms with Crippen LogP contribution < -0.4 is 4.90 Å². The van der Waals surface area contributed by atoms with Gasteiger partial charge in [0.05, 0.1) is 18.1 Å². The molecule has 0 fully saturated rings. The minimum atomic E-state index is -0.250. The minimum Gasteiger partial charge on any atom is -0.378 e. The molecule has 176 valence electrons. The van der Waals surface area contributed by atoms with Gasteiger partial charge in [0.2, 0.25) is 0 Å². The Balaban J connectivity index is 1.50. The molecular weight excluding hydrogens is 481 g/mol. The van der Waals surface area contributed by atoms with Crippen LogP contribution in [0, 0.1) is 0 Å². The highest BCUT2D eigenvalue weighted by Crippen LogP contribution is 2.35. The first-order valence-electron chi connectivity index (χ1n) is 11.1. The van der Waals surface area contributed by atoms with E-state index in [-0.39, 0.29) is 11.9 Å². The van der Waals surface area contributed by atoms with Gasteiger partial charge in [-0.25, -0.2) is 9.99 Å². The largest absolute Gasteiger partial charge is 0.378 e. The SMILES string of the molecule is CN(C)c1ccc(C2CC(c3ccc(-n4ccnc4)cc3)=NN2C(=O)c2cc(Cl)cc(Cl)c2)cc1. The molecule has 0 saturated heterocycles. The molecule has 8 heteroatoms. The summed E-state index contributed by atoms with van der Waals surface area (Å²) in [6.45, 7) is 0. The van der Waals surface area contributed by atoms with Gasteiger partial charge in [0.25, 0.3) is 5.91 Å². The van der Waals surface area contributed by atoms with E-state index in [2.05, 4.69) is 4.98 Å². The Labute approximate surface area is 214 Å². The zero-order valence-electron chi connectivity index (χ0n) is 19.3. The fourth-order valence-electron chi connectivity index (χ4n) is 4.17. The van der Waals surface area contributed by atoms with Crippen molar-refractivity contribution >= 4 is 40.5 Å². The fraction of sp³-hybridized carbons (Fsp3) is 0.148. The number of benzene rings is 3. The maximum atomic E-state index is 13.6. The van der Waals surface area contributed by atoms with Gasteiger partial charge in [-0.2, -0.15) is 5.10 Å². The van der Waals surface area contributed by atoms with E-state index in [9.17, 15) is 4.79 Å². The van der Waals surface area contributed by atoms with Crippen LogP contribution in [0.2, 0.25) is 10.0 Å². The number of carbonyl (C=O) groups is 1. The molecule has 2 heterocycles. The highest BCUT2D eigenvalue weighted by Gasteiger charge is 2.34. The number of aromatic nitrogens is 2. The summed E-state index contributed by atoms with van der Waals surface area (Å²) in [5.41, 5.74) is 5.29. The van der Waals surface area contributed by atoms with Crippen molar-refractivity contribution in [3.05, 3.63) is 112 Å². The summed E-state index contributed by atoms with van der Waals surface area (Å²) in [6, 6.07) is 20.9. The second-order valence-corrected chi connectivity index (χ2v) is 9.45. The molecule has 35 heavy (non-hydrogen) atoms. The zero-order chi connectivity index (χ0) is 24.5. The van der Waals surface area contributed by atoms with Gasteiger partial charge in [0.15, 0.2) is 0 Å². The summed E-state index contributed by atoms with van der Waals surface area (Å²) in [6.07, 6.45) is 5.98. The second-order valence-electron chi connectivity index (χ2n) is 8.58. The van der Waals surface area contributed by atoms with E-state index in [1.807, 2.05) is 78.3 Å². The van der Waals surface area contributed by atoms with Crippen LogP contribution in [-0.2, 0) is 0 Å². The predicted octanol–water partition coefficient (Wildman–Crippen LogP) is 6.24. The van der Waals surface area contributed by atoms with Gasteiger partial charge in [-0.05, 0) is 53.6 Å². The van der Waals surface area contributed by atoms with E-state index in [1.54, 1.807) is 35.7 Å². The Bertz CT molecular complexity index is 1360. The molecule has 0 N–H and O–H groups in total. The summed E-state index contributed by atoms with van der Waals surface area (Å²) in [5, 5.41) is 7.15. The molecular formula is C27H23Cl2N5O. The number of anilines is 1. The summed E-state index contributed by atoms with van der Waals surface area (Å²) in [4.78, 5) is 19.7. The highest BCUT2D eigenvalue weighted by molar-refractivity contribution is 6.35. The number of hydrogen-bond acceptors (Lipinski definition) is 4. The van der Waals surface area contributed by atoms with E-state index in [4.69, 9.17) is 28.3 Å². The Kier molecular flexibility index (Phi) is 6.32. The van der Waals surface area contributed by atoms with Gasteiger partial charge < -0.3 is 9.47 Å². The third kappa shape index (κ3) is 4.81. The summed E-state index contributed by atoms with van der Waals surface area (Å²) in [7, 11) is 4.00. The smallest absolute Gasteiger partial charge is 0.274 e. The monoisotopic (exact) mass is 503 g/mol. The van der Waals surface area contributed by atoms with Crippen molar-refractivity contribution < 1.29 is 4.79 Å². The van der Waals surface area contributed by atoms with E-state index in [1.165, 1.54) is 0 Å². The molecule has 0 radical (unpaired) electrons. The highest BCUT2D eigenvalue weighted by atomic mass is 35.5. The van der Waals surface area contributed by atoms with Crippen molar-refractivity contribution in [1.82, 2.24) is 14.6 Å². The third-order valence-corrected chi connectivity index (χ3v) is 6.46. The molecule has 1 aliphatic rings. The number of hydrogen-bond donors (Lipinski definition) is 0. The van der Waals surface area contributed by atoms with Gasteiger partial charge in [-0.15, -0.1) is 0 Å². The Morgan fingerprint density at radius 3 is 2.26 bits per heavy atom. The van der Waals surface area contributed by atoms with Crippen molar-refractivity contribution in [1.29, 1.82) is 0 Å². The molecule has 1 aromatic heterocycles. The van der Waals surface area contributed by atoms with E-state index in [0.29, 0.717) is 22.0 Å². The Morgan fingerprint density at radius 2 is 1.66 bits per heavy atom. The van der Waals surface area contributed by atoms with Crippen molar-refractivity contribution in [2.75, 3.05) is 19.0 Å². The first-order chi connectivity index (χ1) is 16.9. The predicted molar refractivity (Wildman–Crippen MR) is 141 cm³/mol. The molecule has 5 rings (SSSR count). The molecule has 0 saturated carbocycles. The van der Waals surface area contributed by atoms with Gasteiger partial charge >= 0.3 is 0 Å². The summed E-state index contributed by atoms with van der Waals surface area (Å²) < 4.78 is 1.94. The quantitative estimate of drug-likeness (QED) is 0.324.